The van der Waals surface area contributed by atoms with Crippen LogP contribution in [0.5, 0.6) is 0 Å². The number of nitrogens with zero attached hydrogens (tertiary/aromatic N) is 3. The van der Waals surface area contributed by atoms with Gasteiger partial charge in [0.25, 0.3) is 5.91 Å². The van der Waals surface area contributed by atoms with Crippen LogP contribution in [0.15, 0.2) is 43.1 Å². The third kappa shape index (κ3) is 5.91. The number of piperidine rings is 1. The molecule has 0 saturated carbocycles. The fourth-order valence-electron chi connectivity index (χ4n) is 4.27. The molecule has 0 spiro atoms. The van der Waals surface area contributed by atoms with Gasteiger partial charge >= 0.3 is 0 Å². The van der Waals surface area contributed by atoms with Crippen LogP contribution in [-0.4, -0.2) is 67.1 Å². The number of thiazole rings is 1. The summed E-state index contributed by atoms with van der Waals surface area (Å²) < 4.78 is 5.47. The molecule has 1 unspecified atom stereocenters. The molecule has 2 aliphatic rings. The summed E-state index contributed by atoms with van der Waals surface area (Å²) in [5, 5.41) is 8.28. The zero-order valence-electron chi connectivity index (χ0n) is 19.0. The number of rotatable bonds is 7. The number of ether oxygens (including phenoxy) is 1. The second-order valence-corrected chi connectivity index (χ2v) is 9.47. The number of likely N-dealkylation sites (tertiary alicyclic amines) is 1. The van der Waals surface area contributed by atoms with Crippen LogP contribution in [-0.2, 0) is 9.53 Å². The normalized spacial score (nSPS) is 19.1. The molecule has 2 aromatic rings. The average Bonchev–Trinajstić information content (AvgIpc) is 3.32. The lowest BCUT2D eigenvalue weighted by Gasteiger charge is -2.33. The highest BCUT2D eigenvalue weighted by atomic mass is 32.1. The van der Waals surface area contributed by atoms with Crippen molar-refractivity contribution in [3.05, 3.63) is 48.7 Å². The van der Waals surface area contributed by atoms with Gasteiger partial charge in [0.1, 0.15) is 5.00 Å². The molecule has 9 heteroatoms. The van der Waals surface area contributed by atoms with E-state index in [1.54, 1.807) is 35.6 Å². The van der Waals surface area contributed by atoms with Gasteiger partial charge in [-0.3, -0.25) is 9.59 Å². The number of carbonyl (C=O) groups is 2. The van der Waals surface area contributed by atoms with E-state index in [4.69, 9.17) is 4.74 Å². The van der Waals surface area contributed by atoms with Crippen molar-refractivity contribution in [2.75, 3.05) is 48.9 Å². The number of nitrogens with one attached hydrogen (secondary N) is 2. The van der Waals surface area contributed by atoms with Crippen LogP contribution in [0, 0.1) is 0 Å². The maximum atomic E-state index is 13.0. The Hall–Kier alpha value is -2.91. The summed E-state index contributed by atoms with van der Waals surface area (Å²) in [5.41, 5.74) is 1.25. The van der Waals surface area contributed by atoms with E-state index >= 15 is 0 Å². The van der Waals surface area contributed by atoms with Gasteiger partial charge in [-0.1, -0.05) is 17.9 Å². The van der Waals surface area contributed by atoms with Crippen molar-refractivity contribution in [2.45, 2.75) is 37.8 Å². The molecule has 2 N–H and O–H groups in total. The number of carbonyl (C=O) groups excluding carboxylic acids is 2. The lowest BCUT2D eigenvalue weighted by Crippen LogP contribution is -2.45. The number of hydrogen-bond donors (Lipinski definition) is 2. The minimum absolute atomic E-state index is 0.00201. The highest BCUT2D eigenvalue weighted by Gasteiger charge is 2.26. The predicted molar refractivity (Wildman–Crippen MR) is 132 cm³/mol. The van der Waals surface area contributed by atoms with E-state index in [9.17, 15) is 9.59 Å². The molecule has 2 amide bonds. The summed E-state index contributed by atoms with van der Waals surface area (Å²) in [5.74, 6) is -0.273. The molecule has 0 aliphatic carbocycles. The molecule has 0 bridgehead atoms. The van der Waals surface area contributed by atoms with Gasteiger partial charge < -0.3 is 25.2 Å². The number of aromatic nitrogens is 1. The topological polar surface area (TPSA) is 86.8 Å². The van der Waals surface area contributed by atoms with Gasteiger partial charge in [0.15, 0.2) is 5.13 Å². The Labute approximate surface area is 198 Å². The summed E-state index contributed by atoms with van der Waals surface area (Å²) in [6.45, 7) is 6.45. The molecule has 1 aromatic carbocycles. The standard InChI is InChI=1S/C24H31N5O3S/c1-3-21(30)26-18-8-6-17(7-9-18)23(31)29-12-4-5-19(16-29)27-24-25-15-22(33-24)28(2)20-10-13-32-14-11-20/h3,6-9,15,19-20H,1,4-5,10-14,16H2,2H3,(H,25,27)(H,26,30). The van der Waals surface area contributed by atoms with E-state index in [0.717, 1.165) is 55.6 Å². The van der Waals surface area contributed by atoms with E-state index in [-0.39, 0.29) is 17.9 Å². The molecular weight excluding hydrogens is 438 g/mol. The number of hydrogen-bond acceptors (Lipinski definition) is 7. The van der Waals surface area contributed by atoms with Crippen molar-refractivity contribution in [2.24, 2.45) is 0 Å². The molecule has 33 heavy (non-hydrogen) atoms. The maximum Gasteiger partial charge on any atom is 0.253 e. The summed E-state index contributed by atoms with van der Waals surface area (Å²) in [7, 11) is 2.13. The van der Waals surface area contributed by atoms with Crippen molar-refractivity contribution in [1.29, 1.82) is 0 Å². The molecule has 1 atom stereocenters. The summed E-state index contributed by atoms with van der Waals surface area (Å²) >= 11 is 1.66. The van der Waals surface area contributed by atoms with E-state index in [1.165, 1.54) is 6.08 Å². The Kier molecular flexibility index (Phi) is 7.61. The molecule has 2 saturated heterocycles. The van der Waals surface area contributed by atoms with Crippen molar-refractivity contribution in [1.82, 2.24) is 9.88 Å². The Morgan fingerprint density at radius 2 is 2.00 bits per heavy atom. The highest BCUT2D eigenvalue weighted by Crippen LogP contribution is 2.31. The Morgan fingerprint density at radius 3 is 2.73 bits per heavy atom. The Balaban J connectivity index is 1.33. The van der Waals surface area contributed by atoms with Gasteiger partial charge in [-0.2, -0.15) is 0 Å². The smallest absolute Gasteiger partial charge is 0.253 e. The lowest BCUT2D eigenvalue weighted by molar-refractivity contribution is -0.111. The summed E-state index contributed by atoms with van der Waals surface area (Å²) in [6.07, 6.45) is 7.17. The van der Waals surface area contributed by atoms with E-state index < -0.39 is 0 Å². The van der Waals surface area contributed by atoms with Crippen LogP contribution in [0.25, 0.3) is 0 Å². The molecular formula is C24H31N5O3S. The number of amides is 2. The van der Waals surface area contributed by atoms with Crippen LogP contribution in [0.1, 0.15) is 36.0 Å². The minimum atomic E-state index is -0.275. The zero-order chi connectivity index (χ0) is 23.2. The van der Waals surface area contributed by atoms with Crippen LogP contribution in [0.2, 0.25) is 0 Å². The largest absolute Gasteiger partial charge is 0.381 e. The fourth-order valence-corrected chi connectivity index (χ4v) is 5.20. The van der Waals surface area contributed by atoms with E-state index in [0.29, 0.717) is 23.8 Å². The number of anilines is 3. The molecule has 1 aromatic heterocycles. The van der Waals surface area contributed by atoms with Gasteiger partial charge in [0.2, 0.25) is 5.91 Å². The van der Waals surface area contributed by atoms with Crippen LogP contribution < -0.4 is 15.5 Å². The van der Waals surface area contributed by atoms with Crippen LogP contribution >= 0.6 is 11.3 Å². The summed E-state index contributed by atoms with van der Waals surface area (Å²) in [6, 6.07) is 7.63. The van der Waals surface area contributed by atoms with Crippen molar-refractivity contribution in [3.63, 3.8) is 0 Å². The van der Waals surface area contributed by atoms with Crippen LogP contribution in [0.3, 0.4) is 0 Å². The molecule has 0 radical (unpaired) electrons. The van der Waals surface area contributed by atoms with Gasteiger partial charge in [-0.25, -0.2) is 4.98 Å². The molecule has 3 heterocycles. The first-order valence-electron chi connectivity index (χ1n) is 11.4. The highest BCUT2D eigenvalue weighted by molar-refractivity contribution is 7.19. The quantitative estimate of drug-likeness (QED) is 0.603. The Bertz CT molecular complexity index is 971. The molecule has 8 nitrogen and oxygen atoms in total. The molecule has 4 rings (SSSR count). The second-order valence-electron chi connectivity index (χ2n) is 8.46. The van der Waals surface area contributed by atoms with Crippen molar-refractivity contribution >= 4 is 39.0 Å². The SMILES string of the molecule is C=CC(=O)Nc1ccc(C(=O)N2CCCC(Nc3ncc(N(C)C4CCOCC4)s3)C2)cc1. The summed E-state index contributed by atoms with van der Waals surface area (Å²) in [4.78, 5) is 33.2. The molecule has 2 aliphatic heterocycles. The zero-order valence-corrected chi connectivity index (χ0v) is 19.8. The third-order valence-corrected chi connectivity index (χ3v) is 7.22. The molecule has 2 fully saturated rings. The first kappa shape index (κ1) is 23.3. The predicted octanol–water partition coefficient (Wildman–Crippen LogP) is 3.60. The monoisotopic (exact) mass is 469 g/mol. The van der Waals surface area contributed by atoms with Crippen molar-refractivity contribution in [3.8, 4) is 0 Å². The maximum absolute atomic E-state index is 13.0. The fraction of sp³-hybridized carbons (Fsp3) is 0.458. The van der Waals surface area contributed by atoms with E-state index in [1.807, 2.05) is 11.1 Å². The minimum Gasteiger partial charge on any atom is -0.381 e. The van der Waals surface area contributed by atoms with Crippen molar-refractivity contribution < 1.29 is 14.3 Å². The van der Waals surface area contributed by atoms with Gasteiger partial charge in [-0.05, 0) is 56.0 Å². The van der Waals surface area contributed by atoms with Crippen LogP contribution in [0.4, 0.5) is 15.8 Å². The van der Waals surface area contributed by atoms with Gasteiger partial charge in [0, 0.05) is 56.7 Å². The number of benzene rings is 1. The van der Waals surface area contributed by atoms with E-state index in [2.05, 4.69) is 34.1 Å². The third-order valence-electron chi connectivity index (χ3n) is 6.20. The lowest BCUT2D eigenvalue weighted by atomic mass is 10.0. The first-order valence-corrected chi connectivity index (χ1v) is 12.2. The van der Waals surface area contributed by atoms with Gasteiger partial charge in [0.05, 0.1) is 6.20 Å². The van der Waals surface area contributed by atoms with Gasteiger partial charge in [-0.15, -0.1) is 0 Å². The molecule has 176 valence electrons. The average molecular weight is 470 g/mol. The Morgan fingerprint density at radius 1 is 1.24 bits per heavy atom. The second kappa shape index (κ2) is 10.8. The first-order chi connectivity index (χ1) is 16.0.